The van der Waals surface area contributed by atoms with Crippen molar-refractivity contribution in [3.05, 3.63) is 0 Å². The Bertz CT molecular complexity index is 329. The Balaban J connectivity index is 4.64. The Morgan fingerprint density at radius 3 is 2.33 bits per heavy atom. The van der Waals surface area contributed by atoms with Crippen LogP contribution >= 0.6 is 0 Å². The fourth-order valence-electron chi connectivity index (χ4n) is 1.67. The molecule has 2 unspecified atom stereocenters. The lowest BCUT2D eigenvalue weighted by Gasteiger charge is -2.27. The van der Waals surface area contributed by atoms with Gasteiger partial charge in [-0.1, -0.05) is 5.92 Å². The summed E-state index contributed by atoms with van der Waals surface area (Å²) in [6.07, 6.45) is -0.205. The lowest BCUT2D eigenvalue weighted by atomic mass is 10.0. The fourth-order valence-corrected chi connectivity index (χ4v) is 1.67. The second-order valence-corrected chi connectivity index (χ2v) is 4.30. The summed E-state index contributed by atoms with van der Waals surface area (Å²) in [5.74, 6) is 4.46. The van der Waals surface area contributed by atoms with E-state index < -0.39 is 18.4 Å². The maximum atomic E-state index is 11.3. The van der Waals surface area contributed by atoms with E-state index in [4.69, 9.17) is 23.7 Å². The Morgan fingerprint density at radius 1 is 1.14 bits per heavy atom. The van der Waals surface area contributed by atoms with Crippen LogP contribution < -0.4 is 0 Å². The van der Waals surface area contributed by atoms with Crippen LogP contribution in [0.5, 0.6) is 0 Å². The molecule has 0 saturated heterocycles. The first-order valence-electron chi connectivity index (χ1n) is 6.95. The van der Waals surface area contributed by atoms with Crippen LogP contribution in [0.3, 0.4) is 0 Å². The van der Waals surface area contributed by atoms with Crippen molar-refractivity contribution in [1.29, 1.82) is 0 Å². The third kappa shape index (κ3) is 8.68. The van der Waals surface area contributed by atoms with E-state index in [1.807, 2.05) is 6.92 Å². The molecule has 0 aliphatic heterocycles. The standard InChI is InChI=1S/C15H26O6/c1-6-20-13(16)9-8-12(2)14(15(18-4)19-5)21-11-7-10-17-3/h12,14-15H,6-7,10-11H2,1-5H3. The van der Waals surface area contributed by atoms with Gasteiger partial charge in [-0.3, -0.25) is 0 Å². The number of carbonyl (C=O) groups is 1. The molecule has 0 spiro atoms. The van der Waals surface area contributed by atoms with Gasteiger partial charge in [0, 0.05) is 46.4 Å². The summed E-state index contributed by atoms with van der Waals surface area (Å²) < 4.78 is 26.0. The molecular weight excluding hydrogens is 276 g/mol. The molecule has 0 amide bonds. The predicted octanol–water partition coefficient (Wildman–Crippen LogP) is 1.23. The van der Waals surface area contributed by atoms with Crippen molar-refractivity contribution in [2.45, 2.75) is 32.7 Å². The van der Waals surface area contributed by atoms with Gasteiger partial charge in [-0.15, -0.1) is 0 Å². The van der Waals surface area contributed by atoms with Crippen molar-refractivity contribution in [2.24, 2.45) is 5.92 Å². The van der Waals surface area contributed by atoms with E-state index in [0.717, 1.165) is 6.42 Å². The van der Waals surface area contributed by atoms with Crippen molar-refractivity contribution >= 4 is 5.97 Å². The van der Waals surface area contributed by atoms with Gasteiger partial charge in [-0.05, 0) is 20.3 Å². The molecule has 0 aliphatic carbocycles. The third-order valence-corrected chi connectivity index (χ3v) is 2.71. The first-order chi connectivity index (χ1) is 10.1. The molecule has 0 fully saturated rings. The Labute approximate surface area is 127 Å². The molecule has 0 aromatic carbocycles. The summed E-state index contributed by atoms with van der Waals surface area (Å²) in [5.41, 5.74) is 0. The normalized spacial score (nSPS) is 13.4. The summed E-state index contributed by atoms with van der Waals surface area (Å²) in [6.45, 7) is 4.99. The minimum atomic E-state index is -0.556. The maximum Gasteiger partial charge on any atom is 0.384 e. The number of ether oxygens (including phenoxy) is 5. The summed E-state index contributed by atoms with van der Waals surface area (Å²) in [6, 6.07) is 0. The van der Waals surface area contributed by atoms with Gasteiger partial charge < -0.3 is 23.7 Å². The fraction of sp³-hybridized carbons (Fsp3) is 0.800. The molecule has 0 radical (unpaired) electrons. The van der Waals surface area contributed by atoms with E-state index >= 15 is 0 Å². The lowest BCUT2D eigenvalue weighted by molar-refractivity contribution is -0.189. The van der Waals surface area contributed by atoms with Crippen molar-refractivity contribution in [3.8, 4) is 11.8 Å². The highest BCUT2D eigenvalue weighted by Crippen LogP contribution is 2.15. The largest absolute Gasteiger partial charge is 0.456 e. The summed E-state index contributed by atoms with van der Waals surface area (Å²) in [5, 5.41) is 0. The van der Waals surface area contributed by atoms with Crippen LogP contribution in [0.4, 0.5) is 0 Å². The van der Waals surface area contributed by atoms with E-state index in [-0.39, 0.29) is 5.92 Å². The van der Waals surface area contributed by atoms with Gasteiger partial charge in [-0.25, -0.2) is 4.79 Å². The van der Waals surface area contributed by atoms with Crippen molar-refractivity contribution in [1.82, 2.24) is 0 Å². The zero-order chi connectivity index (χ0) is 16.1. The van der Waals surface area contributed by atoms with Gasteiger partial charge in [0.15, 0.2) is 6.29 Å². The molecule has 0 aromatic heterocycles. The summed E-state index contributed by atoms with van der Waals surface area (Å²) in [7, 11) is 4.70. The second kappa shape index (κ2) is 12.6. The molecule has 21 heavy (non-hydrogen) atoms. The van der Waals surface area contributed by atoms with Crippen LogP contribution in [0.1, 0.15) is 20.3 Å². The van der Waals surface area contributed by atoms with E-state index in [1.54, 1.807) is 14.0 Å². The molecule has 0 rings (SSSR count). The number of esters is 1. The lowest BCUT2D eigenvalue weighted by Crippen LogP contribution is -2.37. The Hall–Kier alpha value is -1.13. The van der Waals surface area contributed by atoms with Gasteiger partial charge in [0.2, 0.25) is 0 Å². The number of rotatable bonds is 10. The summed E-state index contributed by atoms with van der Waals surface area (Å²) in [4.78, 5) is 11.3. The van der Waals surface area contributed by atoms with Crippen molar-refractivity contribution in [2.75, 3.05) is 41.2 Å². The van der Waals surface area contributed by atoms with Crippen LogP contribution in [0.2, 0.25) is 0 Å². The number of methoxy groups -OCH3 is 3. The first kappa shape index (κ1) is 19.9. The van der Waals surface area contributed by atoms with Crippen LogP contribution in [-0.2, 0) is 28.5 Å². The molecular formula is C15H26O6. The van der Waals surface area contributed by atoms with Crippen molar-refractivity contribution < 1.29 is 28.5 Å². The van der Waals surface area contributed by atoms with Crippen LogP contribution in [0.25, 0.3) is 0 Å². The molecule has 2 atom stereocenters. The average molecular weight is 302 g/mol. The monoisotopic (exact) mass is 302 g/mol. The smallest absolute Gasteiger partial charge is 0.384 e. The molecule has 0 bridgehead atoms. The number of carbonyl (C=O) groups excluding carboxylic acids is 1. The zero-order valence-electron chi connectivity index (χ0n) is 13.5. The Morgan fingerprint density at radius 2 is 1.81 bits per heavy atom. The molecule has 0 saturated carbocycles. The average Bonchev–Trinajstić information content (AvgIpc) is 2.48. The zero-order valence-corrected chi connectivity index (χ0v) is 13.5. The van der Waals surface area contributed by atoms with E-state index in [1.165, 1.54) is 14.2 Å². The molecule has 6 nitrogen and oxygen atoms in total. The van der Waals surface area contributed by atoms with E-state index in [0.29, 0.717) is 19.8 Å². The molecule has 0 heterocycles. The predicted molar refractivity (Wildman–Crippen MR) is 77.6 cm³/mol. The summed E-state index contributed by atoms with van der Waals surface area (Å²) >= 11 is 0. The number of hydrogen-bond acceptors (Lipinski definition) is 6. The number of hydrogen-bond donors (Lipinski definition) is 0. The first-order valence-corrected chi connectivity index (χ1v) is 6.95. The van der Waals surface area contributed by atoms with Crippen LogP contribution in [-0.4, -0.2) is 59.5 Å². The highest BCUT2D eigenvalue weighted by Gasteiger charge is 2.27. The van der Waals surface area contributed by atoms with Gasteiger partial charge in [0.1, 0.15) is 6.10 Å². The highest BCUT2D eigenvalue weighted by atomic mass is 16.7. The topological polar surface area (TPSA) is 63.2 Å². The molecule has 122 valence electrons. The SMILES string of the molecule is CCOC(=O)C#CC(C)C(OCCCOC)C(OC)OC. The van der Waals surface area contributed by atoms with Gasteiger partial charge in [0.05, 0.1) is 6.61 Å². The molecule has 0 N–H and O–H groups in total. The van der Waals surface area contributed by atoms with Crippen molar-refractivity contribution in [3.63, 3.8) is 0 Å². The minimum Gasteiger partial charge on any atom is -0.456 e. The third-order valence-electron chi connectivity index (χ3n) is 2.71. The van der Waals surface area contributed by atoms with E-state index in [2.05, 4.69) is 11.8 Å². The molecule has 0 aliphatic rings. The van der Waals surface area contributed by atoms with E-state index in [9.17, 15) is 4.79 Å². The minimum absolute atomic E-state index is 0.248. The second-order valence-electron chi connectivity index (χ2n) is 4.30. The quantitative estimate of drug-likeness (QED) is 0.199. The van der Waals surface area contributed by atoms with Crippen LogP contribution in [0.15, 0.2) is 0 Å². The van der Waals surface area contributed by atoms with Gasteiger partial charge in [0.25, 0.3) is 0 Å². The van der Waals surface area contributed by atoms with Crippen LogP contribution in [0, 0.1) is 17.8 Å². The Kier molecular flexibility index (Phi) is 11.9. The maximum absolute atomic E-state index is 11.3. The van der Waals surface area contributed by atoms with Gasteiger partial charge in [-0.2, -0.15) is 0 Å². The molecule has 0 aromatic rings. The highest BCUT2D eigenvalue weighted by molar-refractivity contribution is 5.88. The van der Waals surface area contributed by atoms with Gasteiger partial charge >= 0.3 is 5.97 Å². The molecule has 6 heteroatoms.